The van der Waals surface area contributed by atoms with Crippen LogP contribution in [0.15, 0.2) is 24.3 Å². The molecule has 0 aliphatic heterocycles. The number of carboxylic acids is 1. The molecule has 0 aliphatic carbocycles. The van der Waals surface area contributed by atoms with Gasteiger partial charge < -0.3 is 5.11 Å². The lowest BCUT2D eigenvalue weighted by molar-refractivity contribution is -0.145. The van der Waals surface area contributed by atoms with Crippen molar-refractivity contribution < 1.29 is 18.3 Å². The first-order chi connectivity index (χ1) is 8.14. The van der Waals surface area contributed by atoms with Crippen molar-refractivity contribution in [1.29, 1.82) is 0 Å². The summed E-state index contributed by atoms with van der Waals surface area (Å²) < 4.78 is 23.9. The van der Waals surface area contributed by atoms with Crippen LogP contribution in [0.2, 0.25) is 5.02 Å². The number of carbonyl (C=O) groups is 1. The van der Waals surface area contributed by atoms with Gasteiger partial charge >= 0.3 is 5.97 Å². The average molecular weight is 291 g/mol. The summed E-state index contributed by atoms with van der Waals surface area (Å²) in [4.78, 5) is 10.9. The summed E-state index contributed by atoms with van der Waals surface area (Å²) >= 11 is 5.88. The largest absolute Gasteiger partial charge is 0.481 e. The molecule has 1 N–H and O–H groups in total. The minimum absolute atomic E-state index is 0.247. The highest BCUT2D eigenvalue weighted by molar-refractivity contribution is 7.90. The van der Waals surface area contributed by atoms with Gasteiger partial charge in [0.25, 0.3) is 0 Å². The Morgan fingerprint density at radius 2 is 1.89 bits per heavy atom. The topological polar surface area (TPSA) is 71.4 Å². The van der Waals surface area contributed by atoms with Gasteiger partial charge in [-0.05, 0) is 25.5 Å². The maximum Gasteiger partial charge on any atom is 0.310 e. The van der Waals surface area contributed by atoms with Gasteiger partial charge in [0.1, 0.15) is 0 Å². The maximum atomic E-state index is 12.0. The van der Waals surface area contributed by atoms with Gasteiger partial charge in [0.2, 0.25) is 0 Å². The molecule has 6 heteroatoms. The number of rotatable bonds is 5. The molecule has 1 aromatic carbocycles. The molecule has 0 radical (unpaired) electrons. The third kappa shape index (κ3) is 3.99. The van der Waals surface area contributed by atoms with Gasteiger partial charge in [0.05, 0.1) is 16.9 Å². The van der Waals surface area contributed by atoms with Gasteiger partial charge in [0, 0.05) is 5.02 Å². The van der Waals surface area contributed by atoms with Gasteiger partial charge in [-0.1, -0.05) is 29.8 Å². The van der Waals surface area contributed by atoms with E-state index in [1.165, 1.54) is 13.8 Å². The highest BCUT2D eigenvalue weighted by Crippen LogP contribution is 2.23. The van der Waals surface area contributed by atoms with Gasteiger partial charge in [0.15, 0.2) is 9.84 Å². The second kappa shape index (κ2) is 5.28. The summed E-state index contributed by atoms with van der Waals surface area (Å²) in [5, 5.41) is 9.30. The van der Waals surface area contributed by atoms with E-state index in [-0.39, 0.29) is 5.75 Å². The molecular weight excluding hydrogens is 276 g/mol. The fraction of sp³-hybridized carbons (Fsp3) is 0.417. The van der Waals surface area contributed by atoms with Crippen LogP contribution in [0.4, 0.5) is 0 Å². The third-order valence-corrected chi connectivity index (χ3v) is 4.77. The molecule has 0 aliphatic rings. The maximum absolute atomic E-state index is 12.0. The predicted molar refractivity (Wildman–Crippen MR) is 70.4 cm³/mol. The van der Waals surface area contributed by atoms with Crippen molar-refractivity contribution >= 4 is 27.4 Å². The fourth-order valence-corrected chi connectivity index (χ4v) is 3.85. The second-order valence-corrected chi connectivity index (χ2v) is 7.28. The summed E-state index contributed by atoms with van der Waals surface area (Å²) in [7, 11) is -3.53. The highest BCUT2D eigenvalue weighted by atomic mass is 35.5. The molecule has 0 spiro atoms. The van der Waals surface area contributed by atoms with E-state index < -0.39 is 27.0 Å². The molecule has 0 saturated carbocycles. The minimum Gasteiger partial charge on any atom is -0.481 e. The number of sulfone groups is 1. The van der Waals surface area contributed by atoms with Gasteiger partial charge in [-0.15, -0.1) is 0 Å². The van der Waals surface area contributed by atoms with Gasteiger partial charge in [-0.25, -0.2) is 8.42 Å². The van der Waals surface area contributed by atoms with Crippen LogP contribution in [0.25, 0.3) is 0 Å². The van der Waals surface area contributed by atoms with Crippen LogP contribution in [0.5, 0.6) is 0 Å². The molecule has 100 valence electrons. The lowest BCUT2D eigenvalue weighted by atomic mass is 9.97. The SMILES string of the molecule is CC(C)(CS(=O)(=O)Cc1ccccc1Cl)C(=O)O. The highest BCUT2D eigenvalue weighted by Gasteiger charge is 2.33. The van der Waals surface area contributed by atoms with Crippen LogP contribution >= 0.6 is 11.6 Å². The van der Waals surface area contributed by atoms with Crippen LogP contribution in [0, 0.1) is 5.41 Å². The molecule has 4 nitrogen and oxygen atoms in total. The van der Waals surface area contributed by atoms with Crippen LogP contribution < -0.4 is 0 Å². The number of benzene rings is 1. The monoisotopic (exact) mass is 290 g/mol. The number of halogens is 1. The van der Waals surface area contributed by atoms with Crippen molar-refractivity contribution in [3.8, 4) is 0 Å². The number of hydrogen-bond acceptors (Lipinski definition) is 3. The van der Waals surface area contributed by atoms with E-state index in [1.807, 2.05) is 0 Å². The van der Waals surface area contributed by atoms with Crippen LogP contribution in [0.3, 0.4) is 0 Å². The minimum atomic E-state index is -3.53. The molecule has 0 fully saturated rings. The summed E-state index contributed by atoms with van der Waals surface area (Å²) in [6.07, 6.45) is 0. The Balaban J connectivity index is 2.91. The first-order valence-electron chi connectivity index (χ1n) is 5.31. The summed E-state index contributed by atoms with van der Waals surface area (Å²) in [5.74, 6) is -1.80. The zero-order valence-electron chi connectivity index (χ0n) is 10.2. The van der Waals surface area contributed by atoms with Crippen molar-refractivity contribution in [3.05, 3.63) is 34.9 Å². The molecule has 0 unspecified atom stereocenters. The first kappa shape index (κ1) is 15.0. The normalized spacial score (nSPS) is 12.4. The van der Waals surface area contributed by atoms with Crippen molar-refractivity contribution in [1.82, 2.24) is 0 Å². The lowest BCUT2D eigenvalue weighted by Gasteiger charge is -2.18. The first-order valence-corrected chi connectivity index (χ1v) is 7.51. The summed E-state index contributed by atoms with van der Waals surface area (Å²) in [6, 6.07) is 6.63. The molecular formula is C12H15ClO4S. The van der Waals surface area contributed by atoms with E-state index in [1.54, 1.807) is 24.3 Å². The predicted octanol–water partition coefficient (Wildman–Crippen LogP) is 2.37. The van der Waals surface area contributed by atoms with Gasteiger partial charge in [-0.2, -0.15) is 0 Å². The zero-order valence-corrected chi connectivity index (χ0v) is 11.8. The number of aliphatic carboxylic acids is 1. The van der Waals surface area contributed by atoms with Crippen LogP contribution in [-0.2, 0) is 20.4 Å². The molecule has 1 aromatic rings. The Kier molecular flexibility index (Phi) is 4.40. The Bertz CT molecular complexity index is 549. The van der Waals surface area contributed by atoms with E-state index in [0.717, 1.165) is 0 Å². The summed E-state index contributed by atoms with van der Waals surface area (Å²) in [5.41, 5.74) is -0.819. The van der Waals surface area contributed by atoms with Crippen LogP contribution in [-0.4, -0.2) is 25.2 Å². The molecule has 0 heterocycles. The molecule has 0 aromatic heterocycles. The molecule has 0 bridgehead atoms. The average Bonchev–Trinajstić information content (AvgIpc) is 2.19. The molecule has 0 amide bonds. The number of carboxylic acid groups (broad SMARTS) is 1. The molecule has 0 atom stereocenters. The molecule has 0 saturated heterocycles. The smallest absolute Gasteiger partial charge is 0.310 e. The molecule has 1 rings (SSSR count). The van der Waals surface area contributed by atoms with Crippen LogP contribution in [0.1, 0.15) is 19.4 Å². The molecule has 18 heavy (non-hydrogen) atoms. The van der Waals surface area contributed by atoms with Crippen molar-refractivity contribution in [2.75, 3.05) is 5.75 Å². The fourth-order valence-electron chi connectivity index (χ4n) is 1.51. The zero-order chi connectivity index (χ0) is 14.0. The van der Waals surface area contributed by atoms with E-state index in [0.29, 0.717) is 10.6 Å². The van der Waals surface area contributed by atoms with Crippen molar-refractivity contribution in [3.63, 3.8) is 0 Å². The third-order valence-electron chi connectivity index (χ3n) is 2.49. The van der Waals surface area contributed by atoms with Crippen molar-refractivity contribution in [2.24, 2.45) is 5.41 Å². The lowest BCUT2D eigenvalue weighted by Crippen LogP contribution is -2.32. The Morgan fingerprint density at radius 1 is 1.33 bits per heavy atom. The Morgan fingerprint density at radius 3 is 2.39 bits per heavy atom. The van der Waals surface area contributed by atoms with E-state index in [2.05, 4.69) is 0 Å². The second-order valence-electron chi connectivity index (χ2n) is 4.81. The van der Waals surface area contributed by atoms with Gasteiger partial charge in [-0.3, -0.25) is 4.79 Å². The van der Waals surface area contributed by atoms with E-state index >= 15 is 0 Å². The number of hydrogen-bond donors (Lipinski definition) is 1. The quantitative estimate of drug-likeness (QED) is 0.903. The van der Waals surface area contributed by atoms with Crippen molar-refractivity contribution in [2.45, 2.75) is 19.6 Å². The standard InChI is InChI=1S/C12H15ClO4S/c1-12(2,11(14)15)8-18(16,17)7-9-5-3-4-6-10(9)13/h3-6H,7-8H2,1-2H3,(H,14,15). The van der Waals surface area contributed by atoms with E-state index in [9.17, 15) is 13.2 Å². The Labute approximate surface area is 112 Å². The Hall–Kier alpha value is -1.07. The summed E-state index contributed by atoms with van der Waals surface area (Å²) in [6.45, 7) is 2.78. The van der Waals surface area contributed by atoms with E-state index in [4.69, 9.17) is 16.7 Å².